The van der Waals surface area contributed by atoms with Gasteiger partial charge in [0.15, 0.2) is 0 Å². The van der Waals surface area contributed by atoms with Crippen molar-refractivity contribution in [3.05, 3.63) is 0 Å². The number of amides is 1. The van der Waals surface area contributed by atoms with E-state index in [9.17, 15) is 4.79 Å². The number of rotatable bonds is 5. The Bertz CT molecular complexity index is 274. The predicted octanol–water partition coefficient (Wildman–Crippen LogP) is 0.930. The van der Waals surface area contributed by atoms with Crippen molar-refractivity contribution in [2.24, 2.45) is 5.92 Å². The molecule has 0 spiro atoms. The number of nitrogens with one attached hydrogen (secondary N) is 2. The van der Waals surface area contributed by atoms with Gasteiger partial charge in [0, 0.05) is 11.8 Å². The van der Waals surface area contributed by atoms with Crippen LogP contribution in [-0.2, 0) is 4.79 Å². The zero-order chi connectivity index (χ0) is 13.5. The Balaban J connectivity index is 1.54. The molecule has 2 N–H and O–H groups in total. The van der Waals surface area contributed by atoms with Gasteiger partial charge in [0.2, 0.25) is 5.91 Å². The SMILES string of the molecule is CN1CCC(CNC(=O)CSC2CCNCC2)CC1. The number of hydrogen-bond acceptors (Lipinski definition) is 4. The molecule has 0 unspecified atom stereocenters. The van der Waals surface area contributed by atoms with Crippen molar-refractivity contribution in [2.75, 3.05) is 45.5 Å². The first-order valence-corrected chi connectivity index (χ1v) is 8.56. The molecule has 2 fully saturated rings. The Labute approximate surface area is 121 Å². The van der Waals surface area contributed by atoms with Gasteiger partial charge in [0.1, 0.15) is 0 Å². The highest BCUT2D eigenvalue weighted by Gasteiger charge is 2.18. The van der Waals surface area contributed by atoms with E-state index in [1.165, 1.54) is 38.8 Å². The standard InChI is InChI=1S/C14H27N3OS/c1-17-8-4-12(5-9-17)10-16-14(18)11-19-13-2-6-15-7-3-13/h12-13,15H,2-11H2,1H3,(H,16,18). The zero-order valence-corrected chi connectivity index (χ0v) is 12.8. The Kier molecular flexibility index (Phi) is 6.47. The fourth-order valence-corrected chi connectivity index (χ4v) is 3.79. The van der Waals surface area contributed by atoms with Crippen LogP contribution in [0.1, 0.15) is 25.7 Å². The minimum atomic E-state index is 0.225. The maximum Gasteiger partial charge on any atom is 0.230 e. The van der Waals surface area contributed by atoms with Gasteiger partial charge in [-0.3, -0.25) is 4.79 Å². The van der Waals surface area contributed by atoms with E-state index < -0.39 is 0 Å². The number of hydrogen-bond donors (Lipinski definition) is 2. The van der Waals surface area contributed by atoms with Gasteiger partial charge in [-0.15, -0.1) is 11.8 Å². The molecule has 2 rings (SSSR count). The largest absolute Gasteiger partial charge is 0.355 e. The average molecular weight is 285 g/mol. The van der Waals surface area contributed by atoms with Crippen molar-refractivity contribution in [3.8, 4) is 0 Å². The van der Waals surface area contributed by atoms with Crippen molar-refractivity contribution in [3.63, 3.8) is 0 Å². The molecule has 0 bridgehead atoms. The minimum absolute atomic E-state index is 0.225. The molecule has 1 amide bonds. The number of carbonyl (C=O) groups is 1. The molecule has 0 aromatic carbocycles. The van der Waals surface area contributed by atoms with Gasteiger partial charge in [0.05, 0.1) is 5.75 Å². The van der Waals surface area contributed by atoms with E-state index in [4.69, 9.17) is 0 Å². The summed E-state index contributed by atoms with van der Waals surface area (Å²) < 4.78 is 0. The highest BCUT2D eigenvalue weighted by atomic mass is 32.2. The summed E-state index contributed by atoms with van der Waals surface area (Å²) in [6.45, 7) is 5.43. The zero-order valence-electron chi connectivity index (χ0n) is 12.0. The normalized spacial score (nSPS) is 23.4. The first-order chi connectivity index (χ1) is 9.24. The van der Waals surface area contributed by atoms with Crippen LogP contribution in [-0.4, -0.2) is 61.6 Å². The molecule has 0 aromatic heterocycles. The Hall–Kier alpha value is -0.260. The second kappa shape index (κ2) is 8.12. The van der Waals surface area contributed by atoms with Crippen LogP contribution in [0.2, 0.25) is 0 Å². The molecule has 2 saturated heterocycles. The van der Waals surface area contributed by atoms with Crippen LogP contribution in [0.15, 0.2) is 0 Å². The molecular formula is C14H27N3OS. The summed E-state index contributed by atoms with van der Waals surface area (Å²) in [5, 5.41) is 7.15. The fourth-order valence-electron chi connectivity index (χ4n) is 2.73. The molecule has 0 radical (unpaired) electrons. The first kappa shape index (κ1) is 15.1. The summed E-state index contributed by atoms with van der Waals surface area (Å²) >= 11 is 1.83. The quantitative estimate of drug-likeness (QED) is 0.789. The van der Waals surface area contributed by atoms with E-state index >= 15 is 0 Å². The fraction of sp³-hybridized carbons (Fsp3) is 0.929. The van der Waals surface area contributed by atoms with Crippen molar-refractivity contribution in [1.29, 1.82) is 0 Å². The van der Waals surface area contributed by atoms with Crippen LogP contribution in [0, 0.1) is 5.92 Å². The predicted molar refractivity (Wildman–Crippen MR) is 81.6 cm³/mol. The van der Waals surface area contributed by atoms with E-state index in [0.717, 1.165) is 19.6 Å². The highest BCUT2D eigenvalue weighted by Crippen LogP contribution is 2.20. The van der Waals surface area contributed by atoms with Crippen LogP contribution >= 0.6 is 11.8 Å². The van der Waals surface area contributed by atoms with E-state index in [0.29, 0.717) is 16.9 Å². The minimum Gasteiger partial charge on any atom is -0.355 e. The molecule has 2 aliphatic heterocycles. The first-order valence-electron chi connectivity index (χ1n) is 7.51. The summed E-state index contributed by atoms with van der Waals surface area (Å²) in [6, 6.07) is 0. The summed E-state index contributed by atoms with van der Waals surface area (Å²) in [5.41, 5.74) is 0. The lowest BCUT2D eigenvalue weighted by atomic mass is 9.97. The van der Waals surface area contributed by atoms with Crippen LogP contribution in [0.4, 0.5) is 0 Å². The number of piperidine rings is 2. The van der Waals surface area contributed by atoms with Gasteiger partial charge in [-0.05, 0) is 64.8 Å². The molecule has 0 aromatic rings. The van der Waals surface area contributed by atoms with Crippen molar-refractivity contribution >= 4 is 17.7 Å². The number of carbonyl (C=O) groups excluding carboxylic acids is 1. The van der Waals surface area contributed by atoms with Crippen molar-refractivity contribution in [2.45, 2.75) is 30.9 Å². The molecular weight excluding hydrogens is 258 g/mol. The van der Waals surface area contributed by atoms with E-state index in [-0.39, 0.29) is 5.91 Å². The molecule has 5 heteroatoms. The molecule has 110 valence electrons. The molecule has 0 saturated carbocycles. The summed E-state index contributed by atoms with van der Waals surface area (Å²) in [4.78, 5) is 14.2. The average Bonchev–Trinajstić information content (AvgIpc) is 2.45. The highest BCUT2D eigenvalue weighted by molar-refractivity contribution is 8.00. The van der Waals surface area contributed by atoms with Crippen molar-refractivity contribution < 1.29 is 4.79 Å². The second-order valence-electron chi connectivity index (χ2n) is 5.81. The lowest BCUT2D eigenvalue weighted by Crippen LogP contribution is -2.37. The number of nitrogens with zero attached hydrogens (tertiary/aromatic N) is 1. The Morgan fingerprint density at radius 3 is 2.63 bits per heavy atom. The van der Waals surface area contributed by atoms with Crippen LogP contribution < -0.4 is 10.6 Å². The van der Waals surface area contributed by atoms with Gasteiger partial charge in [-0.25, -0.2) is 0 Å². The third-order valence-electron chi connectivity index (χ3n) is 4.16. The van der Waals surface area contributed by atoms with Crippen LogP contribution in [0.25, 0.3) is 0 Å². The molecule has 4 nitrogen and oxygen atoms in total. The summed E-state index contributed by atoms with van der Waals surface area (Å²) in [6.07, 6.45) is 4.84. The Morgan fingerprint density at radius 1 is 1.26 bits per heavy atom. The van der Waals surface area contributed by atoms with Gasteiger partial charge in [-0.1, -0.05) is 0 Å². The summed E-state index contributed by atoms with van der Waals surface area (Å²) in [7, 11) is 2.17. The van der Waals surface area contributed by atoms with Crippen molar-refractivity contribution in [1.82, 2.24) is 15.5 Å². The lowest BCUT2D eigenvalue weighted by molar-refractivity contribution is -0.118. The molecule has 19 heavy (non-hydrogen) atoms. The maximum atomic E-state index is 11.8. The molecule has 2 aliphatic rings. The van der Waals surface area contributed by atoms with Gasteiger partial charge in [0.25, 0.3) is 0 Å². The molecule has 0 atom stereocenters. The van der Waals surface area contributed by atoms with Crippen LogP contribution in [0.3, 0.4) is 0 Å². The van der Waals surface area contributed by atoms with Gasteiger partial charge >= 0.3 is 0 Å². The summed E-state index contributed by atoms with van der Waals surface area (Å²) in [5.74, 6) is 1.54. The monoisotopic (exact) mass is 285 g/mol. The number of likely N-dealkylation sites (tertiary alicyclic amines) is 1. The molecule has 0 aliphatic carbocycles. The topological polar surface area (TPSA) is 44.4 Å². The lowest BCUT2D eigenvalue weighted by Gasteiger charge is -2.29. The van der Waals surface area contributed by atoms with Gasteiger partial charge in [-0.2, -0.15) is 0 Å². The second-order valence-corrected chi connectivity index (χ2v) is 7.10. The van der Waals surface area contributed by atoms with Gasteiger partial charge < -0.3 is 15.5 Å². The smallest absolute Gasteiger partial charge is 0.230 e. The van der Waals surface area contributed by atoms with E-state index in [2.05, 4.69) is 22.6 Å². The third kappa shape index (κ3) is 5.71. The van der Waals surface area contributed by atoms with E-state index in [1.807, 2.05) is 11.8 Å². The molecule has 2 heterocycles. The van der Waals surface area contributed by atoms with Crippen LogP contribution in [0.5, 0.6) is 0 Å². The number of thioether (sulfide) groups is 1. The Morgan fingerprint density at radius 2 is 1.95 bits per heavy atom. The third-order valence-corrected chi connectivity index (χ3v) is 5.53. The maximum absolute atomic E-state index is 11.8. The van der Waals surface area contributed by atoms with E-state index in [1.54, 1.807) is 0 Å².